The Bertz CT molecular complexity index is 1430. The summed E-state index contributed by atoms with van der Waals surface area (Å²) in [5, 5.41) is 5.90. The summed E-state index contributed by atoms with van der Waals surface area (Å²) in [5.74, 6) is 1.44. The zero-order valence-corrected chi connectivity index (χ0v) is 23.2. The van der Waals surface area contributed by atoms with E-state index >= 15 is 0 Å². The molecule has 1 unspecified atom stereocenters. The largest absolute Gasteiger partial charge is 0.493 e. The number of hydrogen-bond acceptors (Lipinski definition) is 9. The lowest BCUT2D eigenvalue weighted by Crippen LogP contribution is -2.35. The van der Waals surface area contributed by atoms with Crippen molar-refractivity contribution in [2.75, 3.05) is 47.1 Å². The number of methoxy groups -OCH3 is 2. The molecular weight excluding hydrogens is 526 g/mol. The Labute approximate surface area is 238 Å². The Morgan fingerprint density at radius 3 is 2.24 bits per heavy atom. The molecule has 11 heteroatoms. The van der Waals surface area contributed by atoms with Gasteiger partial charge in [-0.15, -0.1) is 0 Å². The Morgan fingerprint density at radius 1 is 0.902 bits per heavy atom. The number of carbonyl (C=O) groups excluding carboxylic acids is 2. The van der Waals surface area contributed by atoms with Crippen LogP contribution in [0.1, 0.15) is 33.6 Å². The third kappa shape index (κ3) is 6.03. The van der Waals surface area contributed by atoms with Crippen LogP contribution in [0.3, 0.4) is 0 Å². The third-order valence-corrected chi connectivity index (χ3v) is 6.92. The Hall–Kier alpha value is -4.80. The monoisotopic (exact) mass is 559 g/mol. The highest BCUT2D eigenvalue weighted by atomic mass is 16.5. The van der Waals surface area contributed by atoms with Crippen LogP contribution in [0.4, 0.5) is 11.4 Å². The number of ether oxygens (including phenoxy) is 4. The fourth-order valence-electron chi connectivity index (χ4n) is 4.82. The van der Waals surface area contributed by atoms with Gasteiger partial charge in [0.15, 0.2) is 23.0 Å². The van der Waals surface area contributed by atoms with Crippen molar-refractivity contribution < 1.29 is 28.5 Å². The van der Waals surface area contributed by atoms with Gasteiger partial charge in [0.2, 0.25) is 0 Å². The first kappa shape index (κ1) is 27.8. The van der Waals surface area contributed by atoms with E-state index in [1.54, 1.807) is 41.6 Å². The van der Waals surface area contributed by atoms with E-state index in [-0.39, 0.29) is 17.9 Å². The van der Waals surface area contributed by atoms with Gasteiger partial charge < -0.3 is 34.5 Å². The van der Waals surface area contributed by atoms with E-state index in [9.17, 15) is 9.59 Å². The number of aliphatic imine (C=N–C) groups is 2. The normalized spacial score (nSPS) is 18.0. The van der Waals surface area contributed by atoms with Crippen LogP contribution < -0.4 is 29.6 Å². The van der Waals surface area contributed by atoms with Crippen LogP contribution >= 0.6 is 0 Å². The van der Waals surface area contributed by atoms with Crippen LogP contribution in [0, 0.1) is 0 Å². The summed E-state index contributed by atoms with van der Waals surface area (Å²) in [6.45, 7) is 9.84. The maximum absolute atomic E-state index is 13.2. The molecule has 0 aliphatic carbocycles. The predicted octanol–water partition coefficient (Wildman–Crippen LogP) is 3.59. The summed E-state index contributed by atoms with van der Waals surface area (Å²) in [6, 6.07) is 6.63. The van der Waals surface area contributed by atoms with E-state index in [2.05, 4.69) is 33.8 Å². The maximum Gasteiger partial charge on any atom is 0.257 e. The van der Waals surface area contributed by atoms with E-state index in [0.29, 0.717) is 96.9 Å². The molecule has 3 heterocycles. The zero-order chi connectivity index (χ0) is 28.9. The molecule has 0 saturated carbocycles. The van der Waals surface area contributed by atoms with Crippen LogP contribution in [0.15, 0.2) is 58.7 Å². The topological polar surface area (TPSA) is 123 Å². The van der Waals surface area contributed by atoms with Gasteiger partial charge in [-0.05, 0) is 18.6 Å². The lowest BCUT2D eigenvalue weighted by molar-refractivity contribution is 0.0777. The molecule has 0 bridgehead atoms. The van der Waals surface area contributed by atoms with Crippen LogP contribution in [0.25, 0.3) is 0 Å². The predicted molar refractivity (Wildman–Crippen MR) is 156 cm³/mol. The number of amides is 2. The fourth-order valence-corrected chi connectivity index (χ4v) is 4.82. The number of nitrogens with zero attached hydrogens (tertiary/aromatic N) is 3. The fraction of sp³-hybridized carbons (Fsp3) is 0.333. The minimum atomic E-state index is -0.285. The number of carbonyl (C=O) groups is 2. The molecule has 1 fully saturated rings. The van der Waals surface area contributed by atoms with Gasteiger partial charge >= 0.3 is 0 Å². The van der Waals surface area contributed by atoms with Crippen molar-refractivity contribution in [3.63, 3.8) is 0 Å². The van der Waals surface area contributed by atoms with Gasteiger partial charge in [-0.2, -0.15) is 0 Å². The van der Waals surface area contributed by atoms with Crippen molar-refractivity contribution >= 4 is 35.6 Å². The first-order valence-corrected chi connectivity index (χ1v) is 13.3. The summed E-state index contributed by atoms with van der Waals surface area (Å²) in [5.41, 5.74) is 3.57. The van der Waals surface area contributed by atoms with Crippen molar-refractivity contribution in [2.24, 2.45) is 9.98 Å². The Kier molecular flexibility index (Phi) is 8.23. The molecule has 5 rings (SSSR count). The highest BCUT2D eigenvalue weighted by Gasteiger charge is 2.34. The van der Waals surface area contributed by atoms with Crippen molar-refractivity contribution in [3.05, 3.63) is 59.8 Å². The first-order chi connectivity index (χ1) is 19.9. The molecule has 1 atom stereocenters. The summed E-state index contributed by atoms with van der Waals surface area (Å²) >= 11 is 0. The highest BCUT2D eigenvalue weighted by Crippen LogP contribution is 2.39. The molecular formula is C30H33N5O6. The molecule has 1 saturated heterocycles. The van der Waals surface area contributed by atoms with Gasteiger partial charge in [0.1, 0.15) is 0 Å². The second kappa shape index (κ2) is 12.2. The molecule has 3 aliphatic rings. The van der Waals surface area contributed by atoms with Crippen molar-refractivity contribution in [1.29, 1.82) is 0 Å². The number of benzene rings is 2. The molecule has 3 aliphatic heterocycles. The SMILES string of the molecule is C=C1CC2C=Nc3cc(OCCCOc4cc5c(cc4OC)C(=O)NCC(=C)NCC=N5)c(OC)cc3C(=O)N2C1. The van der Waals surface area contributed by atoms with E-state index in [0.717, 1.165) is 5.57 Å². The van der Waals surface area contributed by atoms with Gasteiger partial charge in [-0.1, -0.05) is 18.7 Å². The molecule has 0 radical (unpaired) electrons. The number of hydrogen-bond donors (Lipinski definition) is 2. The maximum atomic E-state index is 13.2. The highest BCUT2D eigenvalue weighted by molar-refractivity contribution is 6.04. The third-order valence-electron chi connectivity index (χ3n) is 6.92. The second-order valence-corrected chi connectivity index (χ2v) is 9.80. The van der Waals surface area contributed by atoms with Crippen molar-refractivity contribution in [3.8, 4) is 23.0 Å². The van der Waals surface area contributed by atoms with Gasteiger partial charge in [-0.3, -0.25) is 19.6 Å². The summed E-state index contributed by atoms with van der Waals surface area (Å²) in [4.78, 5) is 36.7. The molecule has 2 aromatic carbocycles. The average Bonchev–Trinajstić information content (AvgIpc) is 3.30. The quantitative estimate of drug-likeness (QED) is 0.374. The van der Waals surface area contributed by atoms with Gasteiger partial charge in [0, 0.05) is 43.2 Å². The van der Waals surface area contributed by atoms with Gasteiger partial charge in [-0.25, -0.2) is 0 Å². The van der Waals surface area contributed by atoms with E-state index in [1.807, 2.05) is 0 Å². The Balaban J connectivity index is 1.24. The average molecular weight is 560 g/mol. The second-order valence-electron chi connectivity index (χ2n) is 9.80. The van der Waals surface area contributed by atoms with Crippen LogP contribution in [0.5, 0.6) is 23.0 Å². The van der Waals surface area contributed by atoms with Crippen molar-refractivity contribution in [2.45, 2.75) is 18.9 Å². The van der Waals surface area contributed by atoms with E-state index in [1.165, 1.54) is 14.2 Å². The standard InChI is InChI=1S/C30H33N5O6/c1-18-10-20-16-33-24-14-28(26(39-4)12-22(24)30(37)35(20)17-18)41-9-5-8-40-27-13-23-21(11-25(27)38-3)29(36)34-15-19(2)31-6-7-32-23/h7,11-14,16,20,31H,1-2,5-6,8-10,15,17H2,3-4H3,(H,34,36). The molecule has 2 N–H and O–H groups in total. The molecule has 2 amide bonds. The summed E-state index contributed by atoms with van der Waals surface area (Å²) in [7, 11) is 3.05. The van der Waals surface area contributed by atoms with E-state index in [4.69, 9.17) is 18.9 Å². The molecule has 11 nitrogen and oxygen atoms in total. The van der Waals surface area contributed by atoms with Gasteiger partial charge in [0.05, 0.1) is 69.1 Å². The van der Waals surface area contributed by atoms with Crippen LogP contribution in [0.2, 0.25) is 0 Å². The molecule has 0 spiro atoms. The molecule has 214 valence electrons. The number of nitrogens with one attached hydrogen (secondary N) is 2. The first-order valence-electron chi connectivity index (χ1n) is 13.3. The summed E-state index contributed by atoms with van der Waals surface area (Å²) < 4.78 is 23.0. The number of rotatable bonds is 8. The lowest BCUT2D eigenvalue weighted by atomic mass is 10.1. The lowest BCUT2D eigenvalue weighted by Gasteiger charge is -2.20. The smallest absolute Gasteiger partial charge is 0.257 e. The molecule has 2 aromatic rings. The molecule has 41 heavy (non-hydrogen) atoms. The number of fused-ring (bicyclic) bond motifs is 3. The molecule has 0 aromatic heterocycles. The van der Waals surface area contributed by atoms with Crippen LogP contribution in [-0.4, -0.2) is 82.3 Å². The van der Waals surface area contributed by atoms with E-state index < -0.39 is 0 Å². The zero-order valence-electron chi connectivity index (χ0n) is 23.2. The van der Waals surface area contributed by atoms with Gasteiger partial charge in [0.25, 0.3) is 11.8 Å². The minimum absolute atomic E-state index is 0.0880. The summed E-state index contributed by atoms with van der Waals surface area (Å²) in [6.07, 6.45) is 4.73. The van der Waals surface area contributed by atoms with Crippen LogP contribution in [-0.2, 0) is 0 Å². The Morgan fingerprint density at radius 2 is 1.56 bits per heavy atom. The minimum Gasteiger partial charge on any atom is -0.493 e. The van der Waals surface area contributed by atoms with Crippen molar-refractivity contribution in [1.82, 2.24) is 15.5 Å².